The summed E-state index contributed by atoms with van der Waals surface area (Å²) in [5, 5.41) is 18.2. The summed E-state index contributed by atoms with van der Waals surface area (Å²) >= 11 is 0. The Morgan fingerprint density at radius 3 is 2.46 bits per heavy atom. The molecule has 4 N–H and O–H groups in total. The van der Waals surface area contributed by atoms with Gasteiger partial charge in [-0.25, -0.2) is 0 Å². The number of aliphatic hydroxyl groups is 1. The Hall–Kier alpha value is -1.96. The van der Waals surface area contributed by atoms with E-state index in [1.807, 2.05) is 6.07 Å². The van der Waals surface area contributed by atoms with Crippen LogP contribution in [0.15, 0.2) is 24.3 Å². The van der Waals surface area contributed by atoms with E-state index in [0.717, 1.165) is 25.9 Å². The standard InChI is InChI=1S/C19H28N4O3/c24-16-11-17(20-12-16)19(26)22-15-7-5-6-14(10-15)21-18(25)13-23-8-3-1-2-4-9-23/h5-7,10,16-17,20,24H,1-4,8-9,11-13H2,(H,21,25)(H,22,26). The van der Waals surface area contributed by atoms with Crippen molar-refractivity contribution in [3.63, 3.8) is 0 Å². The Balaban J connectivity index is 1.51. The first-order valence-electron chi connectivity index (χ1n) is 9.45. The smallest absolute Gasteiger partial charge is 0.241 e. The Kier molecular flexibility index (Phi) is 6.60. The molecule has 2 unspecified atom stereocenters. The normalized spacial score (nSPS) is 24.0. The van der Waals surface area contributed by atoms with E-state index >= 15 is 0 Å². The molecular formula is C19H28N4O3. The number of benzene rings is 1. The lowest BCUT2D eigenvalue weighted by Gasteiger charge is -2.19. The van der Waals surface area contributed by atoms with Crippen LogP contribution in [0.3, 0.4) is 0 Å². The molecule has 2 aliphatic rings. The number of carbonyl (C=O) groups excluding carboxylic acids is 2. The van der Waals surface area contributed by atoms with Crippen LogP contribution in [0, 0.1) is 0 Å². The summed E-state index contributed by atoms with van der Waals surface area (Å²) in [6.45, 7) is 2.79. The number of β-amino-alcohol motifs (C(OH)–C–C–N with tert-alkyl or cyclic N) is 1. The van der Waals surface area contributed by atoms with Crippen LogP contribution in [0.5, 0.6) is 0 Å². The van der Waals surface area contributed by atoms with Crippen LogP contribution >= 0.6 is 0 Å². The molecule has 142 valence electrons. The Bertz CT molecular complexity index is 629. The molecule has 2 saturated heterocycles. The van der Waals surface area contributed by atoms with E-state index in [4.69, 9.17) is 0 Å². The zero-order valence-corrected chi connectivity index (χ0v) is 15.0. The summed E-state index contributed by atoms with van der Waals surface area (Å²) in [7, 11) is 0. The van der Waals surface area contributed by atoms with Crippen molar-refractivity contribution in [2.45, 2.75) is 44.2 Å². The van der Waals surface area contributed by atoms with Gasteiger partial charge < -0.3 is 21.1 Å². The molecule has 0 aromatic heterocycles. The molecule has 2 aliphatic heterocycles. The third-order valence-electron chi connectivity index (χ3n) is 4.90. The largest absolute Gasteiger partial charge is 0.392 e. The maximum absolute atomic E-state index is 12.3. The summed E-state index contributed by atoms with van der Waals surface area (Å²) < 4.78 is 0. The fourth-order valence-corrected chi connectivity index (χ4v) is 3.52. The predicted molar refractivity (Wildman–Crippen MR) is 101 cm³/mol. The van der Waals surface area contributed by atoms with Crippen molar-refractivity contribution < 1.29 is 14.7 Å². The SMILES string of the molecule is O=C(CN1CCCCCC1)Nc1cccc(NC(=O)C2CC(O)CN2)c1. The number of hydrogen-bond acceptors (Lipinski definition) is 5. The van der Waals surface area contributed by atoms with Gasteiger partial charge in [-0.2, -0.15) is 0 Å². The summed E-state index contributed by atoms with van der Waals surface area (Å²) in [5.41, 5.74) is 1.30. The second kappa shape index (κ2) is 9.12. The first-order valence-corrected chi connectivity index (χ1v) is 9.45. The van der Waals surface area contributed by atoms with Gasteiger partial charge in [0.15, 0.2) is 0 Å². The van der Waals surface area contributed by atoms with Crippen molar-refractivity contribution in [2.24, 2.45) is 0 Å². The van der Waals surface area contributed by atoms with E-state index in [1.165, 1.54) is 12.8 Å². The molecule has 2 heterocycles. The number of hydrogen-bond donors (Lipinski definition) is 4. The number of likely N-dealkylation sites (tertiary alicyclic amines) is 1. The highest BCUT2D eigenvalue weighted by molar-refractivity contribution is 5.97. The van der Waals surface area contributed by atoms with Crippen molar-refractivity contribution in [3.8, 4) is 0 Å². The molecule has 26 heavy (non-hydrogen) atoms. The molecule has 3 rings (SSSR count). The first-order chi connectivity index (χ1) is 12.6. The number of nitrogens with zero attached hydrogens (tertiary/aromatic N) is 1. The summed E-state index contributed by atoms with van der Waals surface area (Å²) in [6, 6.07) is 6.77. The van der Waals surface area contributed by atoms with Gasteiger partial charge in [0.2, 0.25) is 11.8 Å². The van der Waals surface area contributed by atoms with Crippen LogP contribution in [0.1, 0.15) is 32.1 Å². The average molecular weight is 360 g/mol. The minimum atomic E-state index is -0.477. The van der Waals surface area contributed by atoms with Gasteiger partial charge in [0, 0.05) is 17.9 Å². The molecule has 7 nitrogen and oxygen atoms in total. The monoisotopic (exact) mass is 360 g/mol. The minimum Gasteiger partial charge on any atom is -0.392 e. The lowest BCUT2D eigenvalue weighted by atomic mass is 10.2. The molecule has 2 atom stereocenters. The molecule has 0 spiro atoms. The van der Waals surface area contributed by atoms with Crippen molar-refractivity contribution >= 4 is 23.2 Å². The van der Waals surface area contributed by atoms with Crippen molar-refractivity contribution in [3.05, 3.63) is 24.3 Å². The summed E-state index contributed by atoms with van der Waals surface area (Å²) in [5.74, 6) is -0.203. The maximum Gasteiger partial charge on any atom is 0.241 e. The number of rotatable bonds is 5. The number of carbonyl (C=O) groups is 2. The van der Waals surface area contributed by atoms with Crippen LogP contribution in [-0.4, -0.2) is 60.1 Å². The van der Waals surface area contributed by atoms with Crippen LogP contribution in [0.2, 0.25) is 0 Å². The molecule has 0 saturated carbocycles. The molecular weight excluding hydrogens is 332 g/mol. The van der Waals surface area contributed by atoms with Gasteiger partial charge in [0.05, 0.1) is 18.7 Å². The van der Waals surface area contributed by atoms with Crippen LogP contribution < -0.4 is 16.0 Å². The molecule has 2 amide bonds. The van der Waals surface area contributed by atoms with E-state index < -0.39 is 6.10 Å². The second-order valence-corrected chi connectivity index (χ2v) is 7.16. The average Bonchev–Trinajstić information content (AvgIpc) is 2.88. The van der Waals surface area contributed by atoms with Gasteiger partial charge in [0.25, 0.3) is 0 Å². The highest BCUT2D eigenvalue weighted by Crippen LogP contribution is 2.17. The van der Waals surface area contributed by atoms with Crippen LogP contribution in [0.25, 0.3) is 0 Å². The zero-order chi connectivity index (χ0) is 18.4. The van der Waals surface area contributed by atoms with E-state index in [-0.39, 0.29) is 17.9 Å². The number of amides is 2. The van der Waals surface area contributed by atoms with Crippen LogP contribution in [0.4, 0.5) is 11.4 Å². The van der Waals surface area contributed by atoms with E-state index in [2.05, 4.69) is 20.9 Å². The fourth-order valence-electron chi connectivity index (χ4n) is 3.52. The molecule has 0 radical (unpaired) electrons. The number of aliphatic hydroxyl groups excluding tert-OH is 1. The molecule has 1 aromatic carbocycles. The van der Waals surface area contributed by atoms with Gasteiger partial charge >= 0.3 is 0 Å². The Morgan fingerprint density at radius 2 is 1.81 bits per heavy atom. The number of anilines is 2. The lowest BCUT2D eigenvalue weighted by Crippen LogP contribution is -2.35. The highest BCUT2D eigenvalue weighted by atomic mass is 16.3. The Morgan fingerprint density at radius 1 is 1.12 bits per heavy atom. The fraction of sp³-hybridized carbons (Fsp3) is 0.579. The zero-order valence-electron chi connectivity index (χ0n) is 15.0. The third-order valence-corrected chi connectivity index (χ3v) is 4.90. The van der Waals surface area contributed by atoms with Crippen molar-refractivity contribution in [2.75, 3.05) is 36.8 Å². The third kappa shape index (κ3) is 5.52. The van der Waals surface area contributed by atoms with Gasteiger partial charge in [-0.15, -0.1) is 0 Å². The topological polar surface area (TPSA) is 93.7 Å². The van der Waals surface area contributed by atoms with Crippen LogP contribution in [-0.2, 0) is 9.59 Å². The second-order valence-electron chi connectivity index (χ2n) is 7.16. The van der Waals surface area contributed by atoms with E-state index in [9.17, 15) is 14.7 Å². The molecule has 7 heteroatoms. The molecule has 0 aliphatic carbocycles. The summed E-state index contributed by atoms with van der Waals surface area (Å²) in [6.07, 6.45) is 4.73. The number of nitrogens with one attached hydrogen (secondary N) is 3. The molecule has 1 aromatic rings. The van der Waals surface area contributed by atoms with Crippen molar-refractivity contribution in [1.82, 2.24) is 10.2 Å². The first kappa shape index (κ1) is 18.8. The minimum absolute atomic E-state index is 0.0315. The lowest BCUT2D eigenvalue weighted by molar-refractivity contribution is -0.118. The molecule has 0 bridgehead atoms. The van der Waals surface area contributed by atoms with Crippen molar-refractivity contribution in [1.29, 1.82) is 0 Å². The van der Waals surface area contributed by atoms with Gasteiger partial charge in [-0.3, -0.25) is 14.5 Å². The van der Waals surface area contributed by atoms with Gasteiger partial charge in [-0.1, -0.05) is 18.9 Å². The molecule has 2 fully saturated rings. The van der Waals surface area contributed by atoms with E-state index in [0.29, 0.717) is 30.9 Å². The quantitative estimate of drug-likeness (QED) is 0.632. The summed E-state index contributed by atoms with van der Waals surface area (Å²) in [4.78, 5) is 26.7. The highest BCUT2D eigenvalue weighted by Gasteiger charge is 2.28. The Labute approximate surface area is 154 Å². The maximum atomic E-state index is 12.3. The van der Waals surface area contributed by atoms with Gasteiger partial charge in [-0.05, 0) is 50.6 Å². The van der Waals surface area contributed by atoms with E-state index in [1.54, 1.807) is 18.2 Å². The predicted octanol–water partition coefficient (Wildman–Crippen LogP) is 1.16. The van der Waals surface area contributed by atoms with Gasteiger partial charge in [0.1, 0.15) is 0 Å².